The van der Waals surface area contributed by atoms with Crippen molar-refractivity contribution in [1.82, 2.24) is 4.98 Å². The normalized spacial score (nSPS) is 12.5. The second-order valence-corrected chi connectivity index (χ2v) is 5.22. The molecular weight excluding hydrogens is 294 g/mol. The minimum absolute atomic E-state index is 0.103. The van der Waals surface area contributed by atoms with Crippen LogP contribution in [0, 0.1) is 0 Å². The fraction of sp³-hybridized carbons (Fsp3) is 0.182. The third kappa shape index (κ3) is 3.39. The lowest BCUT2D eigenvalue weighted by Crippen LogP contribution is -2.20. The molecule has 6 nitrogen and oxygen atoms in total. The molecular formula is C11H8ClNO5S. The van der Waals surface area contributed by atoms with E-state index < -0.39 is 23.6 Å². The number of carbonyl (C=O) groups is 2. The number of hydrogen-bond donors (Lipinski definition) is 2. The van der Waals surface area contributed by atoms with Crippen molar-refractivity contribution in [2.24, 2.45) is 0 Å². The second kappa shape index (κ2) is 5.50. The number of benzene rings is 1. The van der Waals surface area contributed by atoms with Crippen molar-refractivity contribution >= 4 is 46.4 Å². The summed E-state index contributed by atoms with van der Waals surface area (Å²) in [7, 11) is 0. The molecule has 0 aliphatic carbocycles. The second-order valence-electron chi connectivity index (χ2n) is 3.63. The summed E-state index contributed by atoms with van der Waals surface area (Å²) in [6.45, 7) is 0. The Hall–Kier alpha value is -1.73. The standard InChI is InChI=1S/C11H8ClNO5S/c12-5-1-2-7-6(3-5)13-11(18-7)19-8(10(16)17)4-9(14)15/h1-3,8H,4H2,(H,14,15)(H,16,17). The number of aliphatic carboxylic acids is 2. The first-order chi connectivity index (χ1) is 8.95. The average Bonchev–Trinajstić information content (AvgIpc) is 2.68. The van der Waals surface area contributed by atoms with E-state index in [0.29, 0.717) is 16.1 Å². The third-order valence-corrected chi connectivity index (χ3v) is 3.47. The van der Waals surface area contributed by atoms with Gasteiger partial charge in [-0.15, -0.1) is 0 Å². The first-order valence-electron chi connectivity index (χ1n) is 5.13. The van der Waals surface area contributed by atoms with Crippen LogP contribution in [0.3, 0.4) is 0 Å². The quantitative estimate of drug-likeness (QED) is 0.818. The van der Waals surface area contributed by atoms with Gasteiger partial charge in [0.1, 0.15) is 10.8 Å². The van der Waals surface area contributed by atoms with Crippen molar-refractivity contribution in [2.45, 2.75) is 16.9 Å². The summed E-state index contributed by atoms with van der Waals surface area (Å²) >= 11 is 6.55. The van der Waals surface area contributed by atoms with E-state index in [4.69, 9.17) is 26.2 Å². The molecule has 2 rings (SSSR count). The molecule has 2 aromatic rings. The van der Waals surface area contributed by atoms with Crippen LogP contribution in [0.25, 0.3) is 11.1 Å². The first kappa shape index (κ1) is 13.7. The molecule has 8 heteroatoms. The number of carboxylic acid groups (broad SMARTS) is 2. The number of fused-ring (bicyclic) bond motifs is 1. The highest BCUT2D eigenvalue weighted by molar-refractivity contribution is 8.00. The molecule has 100 valence electrons. The van der Waals surface area contributed by atoms with Crippen LogP contribution >= 0.6 is 23.4 Å². The summed E-state index contributed by atoms with van der Waals surface area (Å²) in [6.07, 6.45) is -0.514. The smallest absolute Gasteiger partial charge is 0.317 e. The maximum Gasteiger partial charge on any atom is 0.317 e. The maximum atomic E-state index is 10.9. The number of oxazole rings is 1. The average molecular weight is 302 g/mol. The van der Waals surface area contributed by atoms with Gasteiger partial charge < -0.3 is 14.6 Å². The SMILES string of the molecule is O=C(O)CC(Sc1nc2cc(Cl)ccc2o1)C(=O)O. The van der Waals surface area contributed by atoms with Crippen LogP contribution in [0.15, 0.2) is 27.8 Å². The van der Waals surface area contributed by atoms with Crippen molar-refractivity contribution in [3.05, 3.63) is 23.2 Å². The van der Waals surface area contributed by atoms with Gasteiger partial charge in [-0.25, -0.2) is 4.98 Å². The topological polar surface area (TPSA) is 101 Å². The molecule has 0 bridgehead atoms. The van der Waals surface area contributed by atoms with E-state index >= 15 is 0 Å². The highest BCUT2D eigenvalue weighted by atomic mass is 35.5. The van der Waals surface area contributed by atoms with Crippen molar-refractivity contribution in [2.75, 3.05) is 0 Å². The molecule has 2 N–H and O–H groups in total. The van der Waals surface area contributed by atoms with Gasteiger partial charge in [0.25, 0.3) is 5.22 Å². The summed E-state index contributed by atoms with van der Waals surface area (Å²) in [4.78, 5) is 25.6. The molecule has 1 unspecified atom stereocenters. The van der Waals surface area contributed by atoms with Crippen LogP contribution in [0.1, 0.15) is 6.42 Å². The summed E-state index contributed by atoms with van der Waals surface area (Å²) in [5.41, 5.74) is 0.959. The highest BCUT2D eigenvalue weighted by Crippen LogP contribution is 2.29. The third-order valence-electron chi connectivity index (χ3n) is 2.21. The number of thioether (sulfide) groups is 1. The summed E-state index contributed by atoms with van der Waals surface area (Å²) in [5, 5.41) is 17.0. The van der Waals surface area contributed by atoms with Gasteiger partial charge in [-0.05, 0) is 18.2 Å². The molecule has 0 saturated heterocycles. The lowest BCUT2D eigenvalue weighted by atomic mass is 10.3. The Balaban J connectivity index is 2.23. The number of hydrogen-bond acceptors (Lipinski definition) is 5. The molecule has 1 heterocycles. The monoisotopic (exact) mass is 301 g/mol. The molecule has 0 aliphatic heterocycles. The maximum absolute atomic E-state index is 10.9. The van der Waals surface area contributed by atoms with Crippen molar-refractivity contribution < 1.29 is 24.2 Å². The van der Waals surface area contributed by atoms with E-state index in [0.717, 1.165) is 11.8 Å². The molecule has 0 radical (unpaired) electrons. The fourth-order valence-electron chi connectivity index (χ4n) is 1.39. The number of carboxylic acids is 2. The number of aromatic nitrogens is 1. The zero-order valence-electron chi connectivity index (χ0n) is 9.37. The van der Waals surface area contributed by atoms with Crippen LogP contribution in [0.5, 0.6) is 0 Å². The molecule has 1 atom stereocenters. The molecule has 1 aromatic carbocycles. The Morgan fingerprint density at radius 1 is 1.42 bits per heavy atom. The van der Waals surface area contributed by atoms with Crippen molar-refractivity contribution in [3.63, 3.8) is 0 Å². The summed E-state index contributed by atoms with van der Waals surface area (Å²) in [6, 6.07) is 4.81. The van der Waals surface area contributed by atoms with Crippen LogP contribution in [-0.2, 0) is 9.59 Å². The van der Waals surface area contributed by atoms with E-state index in [1.807, 2.05) is 0 Å². The van der Waals surface area contributed by atoms with Crippen LogP contribution in [0.2, 0.25) is 5.02 Å². The lowest BCUT2D eigenvalue weighted by Gasteiger charge is -2.05. The van der Waals surface area contributed by atoms with Gasteiger partial charge in [-0.3, -0.25) is 9.59 Å². The molecule has 1 aromatic heterocycles. The summed E-state index contributed by atoms with van der Waals surface area (Å²) in [5.74, 6) is -2.42. The highest BCUT2D eigenvalue weighted by Gasteiger charge is 2.24. The Morgan fingerprint density at radius 3 is 2.79 bits per heavy atom. The van der Waals surface area contributed by atoms with Gasteiger partial charge in [-0.2, -0.15) is 0 Å². The molecule has 0 saturated carbocycles. The Morgan fingerprint density at radius 2 is 2.16 bits per heavy atom. The minimum Gasteiger partial charge on any atom is -0.481 e. The van der Waals surface area contributed by atoms with E-state index in [2.05, 4.69) is 4.98 Å². The first-order valence-corrected chi connectivity index (χ1v) is 6.39. The van der Waals surface area contributed by atoms with E-state index in [1.54, 1.807) is 18.2 Å². The van der Waals surface area contributed by atoms with Gasteiger partial charge in [-0.1, -0.05) is 23.4 Å². The number of halogens is 1. The lowest BCUT2D eigenvalue weighted by molar-refractivity contribution is -0.142. The van der Waals surface area contributed by atoms with Gasteiger partial charge in [0.05, 0.1) is 6.42 Å². The van der Waals surface area contributed by atoms with Crippen LogP contribution in [-0.4, -0.2) is 32.4 Å². The minimum atomic E-state index is -1.23. The largest absolute Gasteiger partial charge is 0.481 e. The number of rotatable bonds is 5. The van der Waals surface area contributed by atoms with E-state index in [1.165, 1.54) is 0 Å². The van der Waals surface area contributed by atoms with Gasteiger partial charge in [0.2, 0.25) is 0 Å². The van der Waals surface area contributed by atoms with E-state index in [-0.39, 0.29) is 5.22 Å². The predicted octanol–water partition coefficient (Wildman–Crippen LogP) is 2.50. The molecule has 0 spiro atoms. The van der Waals surface area contributed by atoms with Gasteiger partial charge in [0, 0.05) is 5.02 Å². The zero-order valence-corrected chi connectivity index (χ0v) is 10.9. The van der Waals surface area contributed by atoms with Crippen molar-refractivity contribution in [1.29, 1.82) is 0 Å². The molecule has 0 amide bonds. The molecule has 0 aliphatic rings. The van der Waals surface area contributed by atoms with Crippen LogP contribution < -0.4 is 0 Å². The van der Waals surface area contributed by atoms with Crippen LogP contribution in [0.4, 0.5) is 0 Å². The van der Waals surface area contributed by atoms with E-state index in [9.17, 15) is 9.59 Å². The summed E-state index contributed by atoms with van der Waals surface area (Å²) < 4.78 is 5.32. The Bertz CT molecular complexity index is 641. The predicted molar refractivity (Wildman–Crippen MR) is 68.6 cm³/mol. The number of nitrogens with zero attached hydrogens (tertiary/aromatic N) is 1. The molecule has 19 heavy (non-hydrogen) atoms. The van der Waals surface area contributed by atoms with Gasteiger partial charge in [0.15, 0.2) is 5.58 Å². The van der Waals surface area contributed by atoms with Crippen molar-refractivity contribution in [3.8, 4) is 0 Å². The Kier molecular flexibility index (Phi) is 3.96. The van der Waals surface area contributed by atoms with Gasteiger partial charge >= 0.3 is 11.9 Å². The Labute approximate surface area is 116 Å². The zero-order chi connectivity index (χ0) is 14.0. The fourth-order valence-corrected chi connectivity index (χ4v) is 2.41. The molecule has 0 fully saturated rings.